The van der Waals surface area contributed by atoms with Crippen LogP contribution < -0.4 is 0 Å². The molecule has 204 valence electrons. The van der Waals surface area contributed by atoms with Gasteiger partial charge in [-0.15, -0.1) is 0 Å². The fraction of sp³-hybridized carbons (Fsp3) is 0.677. The maximum atomic E-state index is 12.6. The van der Waals surface area contributed by atoms with Gasteiger partial charge >= 0.3 is 11.9 Å². The van der Waals surface area contributed by atoms with Crippen LogP contribution in [-0.2, 0) is 19.1 Å². The van der Waals surface area contributed by atoms with Crippen molar-refractivity contribution in [3.63, 3.8) is 0 Å². The normalized spacial score (nSPS) is 45.5. The number of ether oxygens (including phenoxy) is 2. The maximum Gasteiger partial charge on any atom is 0.338 e. The molecule has 0 spiro atoms. The number of carbonyl (C=O) groups excluding carboxylic acids is 2. The standard InChI is InChI=1S/C31H44O6/c1-8-9-10-11-26(32)37-25-16-30(7)15-22-18(4)12-13-23-20(6)36-29(34)28(33)31(23,35)19(5)21(22)14-24(30)27(25)17(2)3/h8-12,17,20-25,27-28,33,35H,5,13-16H2,1-4,6-7H3/b9-8+,11-10+,18-12-. The second kappa shape index (κ2) is 10.2. The fourth-order valence-corrected chi connectivity index (χ4v) is 8.16. The lowest BCUT2D eigenvalue weighted by Crippen LogP contribution is -2.63. The molecule has 0 aromatic carbocycles. The molecule has 3 fully saturated rings. The Bertz CT molecular complexity index is 1020. The van der Waals surface area contributed by atoms with Crippen molar-refractivity contribution in [3.05, 3.63) is 48.1 Å². The minimum Gasteiger partial charge on any atom is -0.460 e. The Hall–Kier alpha value is -2.18. The summed E-state index contributed by atoms with van der Waals surface area (Å²) < 4.78 is 11.4. The van der Waals surface area contributed by atoms with E-state index in [2.05, 4.69) is 40.3 Å². The zero-order chi connectivity index (χ0) is 27.3. The van der Waals surface area contributed by atoms with Crippen molar-refractivity contribution in [2.75, 3.05) is 0 Å². The Morgan fingerprint density at radius 2 is 1.95 bits per heavy atom. The molecular weight excluding hydrogens is 468 g/mol. The van der Waals surface area contributed by atoms with Crippen LogP contribution >= 0.6 is 0 Å². The molecule has 0 amide bonds. The first-order valence-corrected chi connectivity index (χ1v) is 13.8. The number of rotatable bonds is 4. The van der Waals surface area contributed by atoms with E-state index in [1.165, 1.54) is 11.6 Å². The van der Waals surface area contributed by atoms with Gasteiger partial charge in [-0.1, -0.05) is 57.2 Å². The highest BCUT2D eigenvalue weighted by Crippen LogP contribution is 2.63. The third kappa shape index (κ3) is 4.65. The summed E-state index contributed by atoms with van der Waals surface area (Å²) in [6.07, 6.45) is 9.59. The molecule has 1 aliphatic heterocycles. The Balaban J connectivity index is 1.69. The molecule has 10 unspecified atom stereocenters. The zero-order valence-corrected chi connectivity index (χ0v) is 23.1. The quantitative estimate of drug-likeness (QED) is 0.241. The second-order valence-corrected chi connectivity index (χ2v) is 12.5. The molecular formula is C31H44O6. The van der Waals surface area contributed by atoms with Crippen molar-refractivity contribution in [1.29, 1.82) is 0 Å². The molecule has 0 aromatic heterocycles. The molecule has 10 atom stereocenters. The van der Waals surface area contributed by atoms with E-state index < -0.39 is 29.7 Å². The number of hydrogen-bond acceptors (Lipinski definition) is 6. The largest absolute Gasteiger partial charge is 0.460 e. The highest BCUT2D eigenvalue weighted by atomic mass is 16.6. The highest BCUT2D eigenvalue weighted by molar-refractivity contribution is 5.82. The van der Waals surface area contributed by atoms with E-state index in [0.717, 1.165) is 19.3 Å². The van der Waals surface area contributed by atoms with Gasteiger partial charge in [0, 0.05) is 17.9 Å². The van der Waals surface area contributed by atoms with E-state index in [4.69, 9.17) is 9.47 Å². The van der Waals surface area contributed by atoms with Crippen LogP contribution in [0.5, 0.6) is 0 Å². The van der Waals surface area contributed by atoms with Crippen LogP contribution in [0.15, 0.2) is 48.1 Å². The number of fused-ring (bicyclic) bond motifs is 3. The van der Waals surface area contributed by atoms with E-state index in [1.54, 1.807) is 13.0 Å². The minimum absolute atomic E-state index is 0.0396. The van der Waals surface area contributed by atoms with Crippen molar-refractivity contribution in [2.45, 2.75) is 91.1 Å². The summed E-state index contributed by atoms with van der Waals surface area (Å²) in [7, 11) is 0. The Morgan fingerprint density at radius 3 is 2.59 bits per heavy atom. The lowest BCUT2D eigenvalue weighted by atomic mass is 9.53. The number of carbonyl (C=O) groups is 2. The average Bonchev–Trinajstić information content (AvgIpc) is 3.11. The van der Waals surface area contributed by atoms with E-state index in [9.17, 15) is 19.8 Å². The number of cyclic esters (lactones) is 1. The molecule has 0 aromatic rings. The van der Waals surface area contributed by atoms with Crippen molar-refractivity contribution < 1.29 is 29.3 Å². The first-order valence-electron chi connectivity index (χ1n) is 13.8. The van der Waals surface area contributed by atoms with Gasteiger partial charge in [-0.05, 0) is 81.1 Å². The first kappa shape index (κ1) is 27.8. The summed E-state index contributed by atoms with van der Waals surface area (Å²) >= 11 is 0. The van der Waals surface area contributed by atoms with Crippen molar-refractivity contribution in [2.24, 2.45) is 40.9 Å². The molecule has 1 heterocycles. The van der Waals surface area contributed by atoms with Gasteiger partial charge in [-0.2, -0.15) is 0 Å². The van der Waals surface area contributed by atoms with Crippen LogP contribution in [0, 0.1) is 40.9 Å². The SMILES string of the molecule is C=C1C2CC3C(C(C)C)C(OC(=O)/C=C/C=C/C)CC3(C)CC2/C(C)=C\CC2C(C)OC(=O)C(O)C12O. The third-order valence-corrected chi connectivity index (χ3v) is 10.0. The summed E-state index contributed by atoms with van der Waals surface area (Å²) in [5, 5.41) is 22.9. The van der Waals surface area contributed by atoms with Gasteiger partial charge in [0.15, 0.2) is 6.10 Å². The summed E-state index contributed by atoms with van der Waals surface area (Å²) in [4.78, 5) is 25.1. The smallest absolute Gasteiger partial charge is 0.338 e. The van der Waals surface area contributed by atoms with Crippen molar-refractivity contribution >= 4 is 11.9 Å². The molecule has 1 saturated heterocycles. The van der Waals surface area contributed by atoms with Crippen molar-refractivity contribution in [1.82, 2.24) is 0 Å². The Morgan fingerprint density at radius 1 is 1.24 bits per heavy atom. The predicted octanol–water partition coefficient (Wildman–Crippen LogP) is 4.91. The van der Waals surface area contributed by atoms with Gasteiger partial charge < -0.3 is 19.7 Å². The molecule has 37 heavy (non-hydrogen) atoms. The maximum absolute atomic E-state index is 12.6. The van der Waals surface area contributed by atoms with E-state index in [0.29, 0.717) is 17.9 Å². The van der Waals surface area contributed by atoms with Gasteiger partial charge in [0.2, 0.25) is 0 Å². The summed E-state index contributed by atoms with van der Waals surface area (Å²) in [6.45, 7) is 16.9. The molecule has 3 aliphatic carbocycles. The Kier molecular flexibility index (Phi) is 7.66. The van der Waals surface area contributed by atoms with E-state index in [1.807, 2.05) is 19.1 Å². The number of allylic oxidation sites excluding steroid dienone is 5. The fourth-order valence-electron chi connectivity index (χ4n) is 8.16. The molecule has 2 N–H and O–H groups in total. The van der Waals surface area contributed by atoms with Gasteiger partial charge in [-0.25, -0.2) is 9.59 Å². The third-order valence-electron chi connectivity index (χ3n) is 10.0. The molecule has 0 radical (unpaired) electrons. The van der Waals surface area contributed by atoms with Crippen LogP contribution in [0.1, 0.15) is 67.2 Å². The molecule has 4 aliphatic rings. The van der Waals surface area contributed by atoms with Crippen LogP contribution in [0.3, 0.4) is 0 Å². The Labute approximate surface area is 221 Å². The van der Waals surface area contributed by atoms with Gasteiger partial charge in [0.1, 0.15) is 17.8 Å². The lowest BCUT2D eigenvalue weighted by molar-refractivity contribution is -0.209. The van der Waals surface area contributed by atoms with Gasteiger partial charge in [-0.3, -0.25) is 0 Å². The molecule has 6 nitrogen and oxygen atoms in total. The number of hydrogen-bond donors (Lipinski definition) is 2. The minimum atomic E-state index is -1.74. The summed E-state index contributed by atoms with van der Waals surface area (Å²) in [5.41, 5.74) is 0.0209. The van der Waals surface area contributed by atoms with Crippen LogP contribution in [0.25, 0.3) is 0 Å². The number of aliphatic hydroxyl groups is 2. The summed E-state index contributed by atoms with van der Waals surface area (Å²) in [6, 6.07) is 0. The molecule has 4 rings (SSSR count). The van der Waals surface area contributed by atoms with Crippen LogP contribution in [0.4, 0.5) is 0 Å². The summed E-state index contributed by atoms with van der Waals surface area (Å²) in [5.74, 6) is -0.817. The lowest BCUT2D eigenvalue weighted by Gasteiger charge is -2.54. The zero-order valence-electron chi connectivity index (χ0n) is 23.1. The van der Waals surface area contributed by atoms with Crippen molar-refractivity contribution in [3.8, 4) is 0 Å². The van der Waals surface area contributed by atoms with Crippen LogP contribution in [-0.4, -0.2) is 46.1 Å². The van der Waals surface area contributed by atoms with E-state index >= 15 is 0 Å². The monoisotopic (exact) mass is 512 g/mol. The van der Waals surface area contributed by atoms with Gasteiger partial charge in [0.05, 0.1) is 0 Å². The molecule has 0 bridgehead atoms. The second-order valence-electron chi connectivity index (χ2n) is 12.5. The topological polar surface area (TPSA) is 93.1 Å². The number of aliphatic hydroxyl groups excluding tert-OH is 1. The van der Waals surface area contributed by atoms with Gasteiger partial charge in [0.25, 0.3) is 0 Å². The van der Waals surface area contributed by atoms with E-state index in [-0.39, 0.29) is 41.2 Å². The number of esters is 2. The first-order chi connectivity index (χ1) is 17.3. The highest BCUT2D eigenvalue weighted by Gasteiger charge is 2.62. The molecule has 6 heteroatoms. The van der Waals surface area contributed by atoms with Crippen LogP contribution in [0.2, 0.25) is 0 Å². The average molecular weight is 513 g/mol. The molecule has 2 saturated carbocycles. The predicted molar refractivity (Wildman–Crippen MR) is 142 cm³/mol.